The summed E-state index contributed by atoms with van der Waals surface area (Å²) < 4.78 is 0. The van der Waals surface area contributed by atoms with E-state index in [1.165, 1.54) is 55.6 Å². The minimum atomic E-state index is 0.682. The van der Waals surface area contributed by atoms with Gasteiger partial charge in [0.1, 0.15) is 0 Å². The second-order valence-electron chi connectivity index (χ2n) is 16.5. The lowest BCUT2D eigenvalue weighted by atomic mass is 9.79. The number of rotatable bonds is 10. The van der Waals surface area contributed by atoms with E-state index in [-0.39, 0.29) is 0 Å². The van der Waals surface area contributed by atoms with Crippen LogP contribution in [-0.2, 0) is 0 Å². The number of benzene rings is 10. The first-order valence-corrected chi connectivity index (χ1v) is 22.5. The summed E-state index contributed by atoms with van der Waals surface area (Å²) in [4.78, 5) is 10.5. The lowest BCUT2D eigenvalue weighted by Crippen LogP contribution is -1.98. The maximum absolute atomic E-state index is 5.28. The maximum atomic E-state index is 5.28. The van der Waals surface area contributed by atoms with E-state index in [9.17, 15) is 0 Å². The van der Waals surface area contributed by atoms with Crippen molar-refractivity contribution in [1.82, 2.24) is 9.97 Å². The van der Waals surface area contributed by atoms with Gasteiger partial charge in [-0.2, -0.15) is 0 Å². The van der Waals surface area contributed by atoms with Crippen LogP contribution in [-0.4, -0.2) is 9.97 Å². The molecule has 0 aliphatic rings. The molecule has 0 bridgehead atoms. The molecule has 0 saturated carbocycles. The highest BCUT2D eigenvalue weighted by Crippen LogP contribution is 2.50. The van der Waals surface area contributed by atoms with Gasteiger partial charge in [0.25, 0.3) is 0 Å². The largest absolute Gasteiger partial charge is 0.228 e. The molecule has 11 aromatic rings. The average molecular weight is 841 g/mol. The van der Waals surface area contributed by atoms with Crippen molar-refractivity contribution < 1.29 is 0 Å². The van der Waals surface area contributed by atoms with Crippen molar-refractivity contribution in [3.8, 4) is 112 Å². The SMILES string of the molecule is c1ccc(-c2ccc(-c3cc(-c4ccc(-c5cc(-c6ccccc6)c(-c6ccccc6)c(-c6ccccc6)c5-c5ccccc5)cc4)nc(-c4ccc(-c5ccccc5)cc4)n3)cc2)cc1. The zero-order valence-electron chi connectivity index (χ0n) is 36.3. The molecule has 11 rings (SSSR count). The Bertz CT molecular complexity index is 3270. The first-order valence-electron chi connectivity index (χ1n) is 22.5. The Morgan fingerprint density at radius 2 is 0.439 bits per heavy atom. The molecule has 0 radical (unpaired) electrons. The summed E-state index contributed by atoms with van der Waals surface area (Å²) >= 11 is 0. The molecule has 0 aliphatic carbocycles. The highest BCUT2D eigenvalue weighted by molar-refractivity contribution is 6.07. The molecule has 0 N–H and O–H groups in total. The molecule has 310 valence electrons. The van der Waals surface area contributed by atoms with Crippen LogP contribution in [0.25, 0.3) is 112 Å². The Balaban J connectivity index is 1.08. The van der Waals surface area contributed by atoms with E-state index in [2.05, 4.69) is 261 Å². The number of hydrogen-bond donors (Lipinski definition) is 0. The summed E-state index contributed by atoms with van der Waals surface area (Å²) in [7, 11) is 0. The van der Waals surface area contributed by atoms with Crippen LogP contribution < -0.4 is 0 Å². The molecule has 0 atom stereocenters. The molecule has 66 heavy (non-hydrogen) atoms. The summed E-state index contributed by atoms with van der Waals surface area (Å²) in [6, 6.07) is 95.0. The Kier molecular flexibility index (Phi) is 11.0. The first-order chi connectivity index (χ1) is 32.7. The average Bonchev–Trinajstić information content (AvgIpc) is 3.42. The molecule has 0 unspecified atom stereocenters. The van der Waals surface area contributed by atoms with E-state index in [1.807, 2.05) is 6.07 Å². The summed E-state index contributed by atoms with van der Waals surface area (Å²) in [5, 5.41) is 0. The third-order valence-electron chi connectivity index (χ3n) is 12.4. The van der Waals surface area contributed by atoms with Gasteiger partial charge in [-0.05, 0) is 90.0 Å². The molecule has 1 heterocycles. The van der Waals surface area contributed by atoms with Gasteiger partial charge in [-0.1, -0.05) is 255 Å². The molecule has 0 aliphatic heterocycles. The van der Waals surface area contributed by atoms with Crippen molar-refractivity contribution in [2.24, 2.45) is 0 Å². The summed E-state index contributed by atoms with van der Waals surface area (Å²) in [5.74, 6) is 0.682. The van der Waals surface area contributed by atoms with Crippen molar-refractivity contribution in [3.63, 3.8) is 0 Å². The summed E-state index contributed by atoms with van der Waals surface area (Å²) in [5.41, 5.74) is 21.1. The number of hydrogen-bond acceptors (Lipinski definition) is 2. The van der Waals surface area contributed by atoms with E-state index >= 15 is 0 Å². The lowest BCUT2D eigenvalue weighted by molar-refractivity contribution is 1.18. The van der Waals surface area contributed by atoms with Gasteiger partial charge in [0, 0.05) is 16.7 Å². The topological polar surface area (TPSA) is 25.8 Å². The minimum Gasteiger partial charge on any atom is -0.228 e. The van der Waals surface area contributed by atoms with Gasteiger partial charge in [-0.25, -0.2) is 9.97 Å². The Labute approximate surface area is 386 Å². The molecule has 0 amide bonds. The minimum absolute atomic E-state index is 0.682. The van der Waals surface area contributed by atoms with E-state index in [4.69, 9.17) is 9.97 Å². The first kappa shape index (κ1) is 40.1. The zero-order valence-corrected chi connectivity index (χ0v) is 36.3. The molecule has 2 nitrogen and oxygen atoms in total. The lowest BCUT2D eigenvalue weighted by Gasteiger charge is -2.24. The predicted molar refractivity (Wildman–Crippen MR) is 276 cm³/mol. The molecule has 10 aromatic carbocycles. The predicted octanol–water partition coefficient (Wildman–Crippen LogP) is 17.1. The third-order valence-corrected chi connectivity index (χ3v) is 12.4. The van der Waals surface area contributed by atoms with Crippen molar-refractivity contribution in [2.45, 2.75) is 0 Å². The number of nitrogens with zero attached hydrogens (tertiary/aromatic N) is 2. The molecule has 2 heteroatoms. The van der Waals surface area contributed by atoms with E-state index in [1.54, 1.807) is 0 Å². The van der Waals surface area contributed by atoms with Gasteiger partial charge in [0.05, 0.1) is 11.4 Å². The summed E-state index contributed by atoms with van der Waals surface area (Å²) in [6.07, 6.45) is 0. The van der Waals surface area contributed by atoms with Crippen molar-refractivity contribution >= 4 is 0 Å². The fourth-order valence-corrected chi connectivity index (χ4v) is 9.06. The standard InChI is InChI=1S/C64H44N2/c1-7-19-45(20-8-1)47-31-37-51(38-32-47)59-44-60(66-64(65-59)56-41-33-48(34-42-56)46-21-9-2-10-22-46)52-39-35-50(36-40-52)58-43-57(49-23-11-3-12-24-49)61(53-25-13-4-14-26-53)63(55-29-17-6-18-30-55)62(58)54-27-15-5-16-28-54/h1-44H. The van der Waals surface area contributed by atoms with Crippen LogP contribution in [0.1, 0.15) is 0 Å². The smallest absolute Gasteiger partial charge is 0.160 e. The summed E-state index contributed by atoms with van der Waals surface area (Å²) in [6.45, 7) is 0. The highest BCUT2D eigenvalue weighted by atomic mass is 14.9. The van der Waals surface area contributed by atoms with Crippen molar-refractivity contribution in [3.05, 3.63) is 267 Å². The Morgan fingerprint density at radius 3 is 0.818 bits per heavy atom. The van der Waals surface area contributed by atoms with Gasteiger partial charge in [-0.15, -0.1) is 0 Å². The van der Waals surface area contributed by atoms with E-state index < -0.39 is 0 Å². The monoisotopic (exact) mass is 840 g/mol. The van der Waals surface area contributed by atoms with Crippen LogP contribution in [0.2, 0.25) is 0 Å². The molecule has 0 fully saturated rings. The molecule has 0 saturated heterocycles. The van der Waals surface area contributed by atoms with Crippen LogP contribution in [0.15, 0.2) is 267 Å². The highest BCUT2D eigenvalue weighted by Gasteiger charge is 2.24. The van der Waals surface area contributed by atoms with Gasteiger partial charge in [0.2, 0.25) is 0 Å². The second kappa shape index (κ2) is 18.2. The van der Waals surface area contributed by atoms with Gasteiger partial charge in [-0.3, -0.25) is 0 Å². The van der Waals surface area contributed by atoms with Crippen molar-refractivity contribution in [2.75, 3.05) is 0 Å². The third kappa shape index (κ3) is 8.16. The van der Waals surface area contributed by atoms with Crippen LogP contribution >= 0.6 is 0 Å². The molecule has 0 spiro atoms. The van der Waals surface area contributed by atoms with Crippen LogP contribution in [0.3, 0.4) is 0 Å². The fourth-order valence-electron chi connectivity index (χ4n) is 9.06. The van der Waals surface area contributed by atoms with Crippen LogP contribution in [0, 0.1) is 0 Å². The Hall–Kier alpha value is -8.72. The van der Waals surface area contributed by atoms with Gasteiger partial charge >= 0.3 is 0 Å². The molecule has 1 aromatic heterocycles. The van der Waals surface area contributed by atoms with E-state index in [0.29, 0.717) is 5.82 Å². The quantitative estimate of drug-likeness (QED) is 0.137. The van der Waals surface area contributed by atoms with Crippen LogP contribution in [0.5, 0.6) is 0 Å². The van der Waals surface area contributed by atoms with Gasteiger partial charge in [0.15, 0.2) is 5.82 Å². The van der Waals surface area contributed by atoms with Crippen LogP contribution in [0.4, 0.5) is 0 Å². The molecular weight excluding hydrogens is 797 g/mol. The normalized spacial score (nSPS) is 11.0. The number of aromatic nitrogens is 2. The Morgan fingerprint density at radius 1 is 0.182 bits per heavy atom. The van der Waals surface area contributed by atoms with Crippen molar-refractivity contribution in [1.29, 1.82) is 0 Å². The zero-order chi connectivity index (χ0) is 44.1. The maximum Gasteiger partial charge on any atom is 0.160 e. The van der Waals surface area contributed by atoms with Gasteiger partial charge < -0.3 is 0 Å². The second-order valence-corrected chi connectivity index (χ2v) is 16.5. The van der Waals surface area contributed by atoms with E-state index in [0.717, 1.165) is 50.3 Å². The fraction of sp³-hybridized carbons (Fsp3) is 0. The molecular formula is C64H44N2.